The number of carbonyl (C=O) groups is 1. The van der Waals surface area contributed by atoms with Crippen molar-refractivity contribution in [3.05, 3.63) is 23.1 Å². The Morgan fingerprint density at radius 3 is 2.89 bits per heavy atom. The number of furan rings is 1. The van der Waals surface area contributed by atoms with Crippen LogP contribution in [0.3, 0.4) is 0 Å². The number of aliphatic hydroxyl groups excluding tert-OH is 1. The second-order valence-electron chi connectivity index (χ2n) is 5.65. The third kappa shape index (κ3) is 2.65. The molecule has 1 atom stereocenters. The SMILES string of the molecule is CC(C)CC1(CO)CCCN1C(=O)c1ccoc1Cl. The second-order valence-corrected chi connectivity index (χ2v) is 5.99. The fourth-order valence-electron chi connectivity index (χ4n) is 3.05. The molecular weight excluding hydrogens is 266 g/mol. The number of hydrogen-bond donors (Lipinski definition) is 1. The van der Waals surface area contributed by atoms with Gasteiger partial charge in [-0.1, -0.05) is 13.8 Å². The van der Waals surface area contributed by atoms with E-state index in [0.717, 1.165) is 19.3 Å². The molecule has 0 radical (unpaired) electrons. The van der Waals surface area contributed by atoms with E-state index in [4.69, 9.17) is 16.0 Å². The fraction of sp³-hybridized carbons (Fsp3) is 0.643. The van der Waals surface area contributed by atoms with Crippen LogP contribution in [0.15, 0.2) is 16.7 Å². The van der Waals surface area contributed by atoms with Gasteiger partial charge in [0.2, 0.25) is 5.22 Å². The molecule has 5 heteroatoms. The molecule has 0 aliphatic carbocycles. The van der Waals surface area contributed by atoms with E-state index < -0.39 is 5.54 Å². The van der Waals surface area contributed by atoms with Gasteiger partial charge in [-0.3, -0.25) is 4.79 Å². The van der Waals surface area contributed by atoms with Crippen molar-refractivity contribution >= 4 is 17.5 Å². The number of likely N-dealkylation sites (tertiary alicyclic amines) is 1. The molecule has 106 valence electrons. The smallest absolute Gasteiger partial charge is 0.259 e. The van der Waals surface area contributed by atoms with Crippen molar-refractivity contribution in [2.75, 3.05) is 13.2 Å². The summed E-state index contributed by atoms with van der Waals surface area (Å²) in [5.74, 6) is 0.270. The highest BCUT2D eigenvalue weighted by Crippen LogP contribution is 2.36. The molecule has 0 bridgehead atoms. The molecule has 0 aromatic carbocycles. The van der Waals surface area contributed by atoms with Gasteiger partial charge < -0.3 is 14.4 Å². The van der Waals surface area contributed by atoms with Crippen molar-refractivity contribution in [3.63, 3.8) is 0 Å². The quantitative estimate of drug-likeness (QED) is 0.925. The minimum atomic E-state index is -0.453. The van der Waals surface area contributed by atoms with Crippen molar-refractivity contribution in [3.8, 4) is 0 Å². The highest BCUT2D eigenvalue weighted by molar-refractivity contribution is 6.32. The van der Waals surface area contributed by atoms with Crippen LogP contribution in [0.5, 0.6) is 0 Å². The van der Waals surface area contributed by atoms with E-state index >= 15 is 0 Å². The molecule has 0 spiro atoms. The van der Waals surface area contributed by atoms with Crippen molar-refractivity contribution in [2.24, 2.45) is 5.92 Å². The Bertz CT molecular complexity index is 457. The maximum atomic E-state index is 12.6. The standard InChI is InChI=1S/C14H20ClNO3/c1-10(2)8-14(9-17)5-3-6-16(14)13(18)11-4-7-19-12(11)15/h4,7,10,17H,3,5-6,8-9H2,1-2H3. The number of aliphatic hydroxyl groups is 1. The largest absolute Gasteiger partial charge is 0.452 e. The predicted molar refractivity (Wildman–Crippen MR) is 73.3 cm³/mol. The molecule has 1 unspecified atom stereocenters. The zero-order valence-electron chi connectivity index (χ0n) is 11.4. The summed E-state index contributed by atoms with van der Waals surface area (Å²) in [6, 6.07) is 1.58. The molecule has 4 nitrogen and oxygen atoms in total. The number of rotatable bonds is 4. The molecule has 1 aliphatic rings. The normalized spacial score (nSPS) is 23.3. The molecule has 2 rings (SSSR count). The van der Waals surface area contributed by atoms with E-state index in [0.29, 0.717) is 18.0 Å². The first-order valence-corrected chi connectivity index (χ1v) is 7.04. The lowest BCUT2D eigenvalue weighted by atomic mass is 9.87. The highest BCUT2D eigenvalue weighted by atomic mass is 35.5. The van der Waals surface area contributed by atoms with Crippen LogP contribution in [0.4, 0.5) is 0 Å². The van der Waals surface area contributed by atoms with Crippen molar-refractivity contribution < 1.29 is 14.3 Å². The van der Waals surface area contributed by atoms with Gasteiger partial charge in [0.25, 0.3) is 5.91 Å². The molecule has 1 saturated heterocycles. The Morgan fingerprint density at radius 2 is 2.37 bits per heavy atom. The predicted octanol–water partition coefficient (Wildman–Crippen LogP) is 2.95. The summed E-state index contributed by atoms with van der Waals surface area (Å²) in [6.45, 7) is 4.85. The maximum Gasteiger partial charge on any atom is 0.259 e. The van der Waals surface area contributed by atoms with Crippen LogP contribution in [-0.2, 0) is 0 Å². The Hall–Kier alpha value is -1.00. The first-order chi connectivity index (χ1) is 9.00. The average Bonchev–Trinajstić information content (AvgIpc) is 2.95. The second kappa shape index (κ2) is 5.55. The summed E-state index contributed by atoms with van der Waals surface area (Å²) in [6.07, 6.45) is 3.96. The van der Waals surface area contributed by atoms with Gasteiger partial charge in [0.15, 0.2) is 0 Å². The zero-order chi connectivity index (χ0) is 14.0. The molecule has 1 aromatic heterocycles. The van der Waals surface area contributed by atoms with E-state index in [1.165, 1.54) is 6.26 Å². The summed E-state index contributed by atoms with van der Waals surface area (Å²) in [5, 5.41) is 9.92. The number of carbonyl (C=O) groups excluding carboxylic acids is 1. The minimum Gasteiger partial charge on any atom is -0.452 e. The zero-order valence-corrected chi connectivity index (χ0v) is 12.1. The Balaban J connectivity index is 2.27. The van der Waals surface area contributed by atoms with Crippen LogP contribution in [0.25, 0.3) is 0 Å². The van der Waals surface area contributed by atoms with Crippen LogP contribution in [0.1, 0.15) is 43.5 Å². The lowest BCUT2D eigenvalue weighted by Crippen LogP contribution is -2.50. The molecule has 1 aromatic rings. The van der Waals surface area contributed by atoms with E-state index in [1.807, 2.05) is 0 Å². The third-order valence-electron chi connectivity index (χ3n) is 3.77. The van der Waals surface area contributed by atoms with Gasteiger partial charge >= 0.3 is 0 Å². The maximum absolute atomic E-state index is 12.6. The van der Waals surface area contributed by atoms with Gasteiger partial charge in [-0.05, 0) is 42.8 Å². The summed E-state index contributed by atoms with van der Waals surface area (Å²) >= 11 is 5.88. The van der Waals surface area contributed by atoms with Gasteiger partial charge in [-0.15, -0.1) is 0 Å². The van der Waals surface area contributed by atoms with Gasteiger partial charge in [0, 0.05) is 6.54 Å². The minimum absolute atomic E-state index is 0.00755. The third-order valence-corrected chi connectivity index (χ3v) is 4.07. The van der Waals surface area contributed by atoms with Crippen LogP contribution in [0.2, 0.25) is 5.22 Å². The van der Waals surface area contributed by atoms with Gasteiger partial charge in [-0.2, -0.15) is 0 Å². The summed E-state index contributed by atoms with van der Waals surface area (Å²) in [5.41, 5.74) is -0.0728. The first kappa shape index (κ1) is 14.4. The van der Waals surface area contributed by atoms with E-state index in [9.17, 15) is 9.90 Å². The molecule has 0 saturated carbocycles. The fourth-order valence-corrected chi connectivity index (χ4v) is 3.24. The van der Waals surface area contributed by atoms with Crippen molar-refractivity contribution in [2.45, 2.75) is 38.6 Å². The number of nitrogens with zero attached hydrogens (tertiary/aromatic N) is 1. The van der Waals surface area contributed by atoms with Crippen LogP contribution >= 0.6 is 11.6 Å². The van der Waals surface area contributed by atoms with Gasteiger partial charge in [0.1, 0.15) is 0 Å². The Kier molecular flexibility index (Phi) is 4.21. The monoisotopic (exact) mass is 285 g/mol. The molecular formula is C14H20ClNO3. The van der Waals surface area contributed by atoms with E-state index in [1.54, 1.807) is 11.0 Å². The Morgan fingerprint density at radius 1 is 1.63 bits per heavy atom. The number of amides is 1. The van der Waals surface area contributed by atoms with Gasteiger partial charge in [-0.25, -0.2) is 0 Å². The average molecular weight is 286 g/mol. The summed E-state index contributed by atoms with van der Waals surface area (Å²) in [7, 11) is 0. The summed E-state index contributed by atoms with van der Waals surface area (Å²) in [4.78, 5) is 14.3. The van der Waals surface area contributed by atoms with Crippen LogP contribution in [0, 0.1) is 5.92 Å². The summed E-state index contributed by atoms with van der Waals surface area (Å²) < 4.78 is 4.98. The molecule has 19 heavy (non-hydrogen) atoms. The number of halogens is 1. The molecule has 1 N–H and O–H groups in total. The Labute approximate surface area is 118 Å². The van der Waals surface area contributed by atoms with Crippen LogP contribution in [-0.4, -0.2) is 34.6 Å². The molecule has 1 aliphatic heterocycles. The van der Waals surface area contributed by atoms with Gasteiger partial charge in [0.05, 0.1) is 24.0 Å². The van der Waals surface area contributed by atoms with Crippen molar-refractivity contribution in [1.29, 1.82) is 0 Å². The molecule has 1 amide bonds. The number of hydrogen-bond acceptors (Lipinski definition) is 3. The topological polar surface area (TPSA) is 53.7 Å². The van der Waals surface area contributed by atoms with Crippen molar-refractivity contribution in [1.82, 2.24) is 4.90 Å². The molecule has 2 heterocycles. The lowest BCUT2D eigenvalue weighted by Gasteiger charge is -2.38. The lowest BCUT2D eigenvalue weighted by molar-refractivity contribution is 0.0332. The highest BCUT2D eigenvalue weighted by Gasteiger charge is 2.44. The molecule has 1 fully saturated rings. The van der Waals surface area contributed by atoms with E-state index in [2.05, 4.69) is 13.8 Å². The van der Waals surface area contributed by atoms with E-state index in [-0.39, 0.29) is 17.7 Å². The first-order valence-electron chi connectivity index (χ1n) is 6.66. The van der Waals surface area contributed by atoms with Crippen LogP contribution < -0.4 is 0 Å².